The van der Waals surface area contributed by atoms with Gasteiger partial charge in [0.25, 0.3) is 0 Å². The van der Waals surface area contributed by atoms with Crippen LogP contribution in [0.1, 0.15) is 12.8 Å². The Balaban J connectivity index is 2.35. The highest BCUT2D eigenvalue weighted by atomic mass is 32.2. The molecule has 1 aromatic carbocycles. The summed E-state index contributed by atoms with van der Waals surface area (Å²) >= 11 is 0. The molecule has 1 N–H and O–H groups in total. The first kappa shape index (κ1) is 20.6. The van der Waals surface area contributed by atoms with Crippen LogP contribution < -0.4 is 10.1 Å². The molecule has 1 atom stereocenters. The molecule has 1 saturated heterocycles. The van der Waals surface area contributed by atoms with Gasteiger partial charge in [0, 0.05) is 20.6 Å². The number of nitrogens with one attached hydrogen (secondary N) is 1. The summed E-state index contributed by atoms with van der Waals surface area (Å²) in [5.74, 6) is -0.245. The Morgan fingerprint density at radius 2 is 1.92 bits per heavy atom. The number of sulfonamides is 2. The van der Waals surface area contributed by atoms with Crippen molar-refractivity contribution in [2.75, 3.05) is 39.3 Å². The van der Waals surface area contributed by atoms with Crippen molar-refractivity contribution in [3.63, 3.8) is 0 Å². The number of anilines is 1. The van der Waals surface area contributed by atoms with E-state index in [-0.39, 0.29) is 22.9 Å². The number of hydrogen-bond donors (Lipinski definition) is 1. The highest BCUT2D eigenvalue weighted by Crippen LogP contribution is 2.30. The van der Waals surface area contributed by atoms with Gasteiger partial charge in [0.1, 0.15) is 11.8 Å². The third-order valence-electron chi connectivity index (χ3n) is 4.14. The van der Waals surface area contributed by atoms with Gasteiger partial charge in [-0.2, -0.15) is 4.31 Å². The maximum absolute atomic E-state index is 12.6. The van der Waals surface area contributed by atoms with Gasteiger partial charge in [-0.1, -0.05) is 0 Å². The summed E-state index contributed by atoms with van der Waals surface area (Å²) in [6, 6.07) is 3.28. The summed E-state index contributed by atoms with van der Waals surface area (Å²) in [5.41, 5.74) is 0.167. The molecule has 1 heterocycles. The lowest BCUT2D eigenvalue weighted by Gasteiger charge is -2.22. The van der Waals surface area contributed by atoms with Gasteiger partial charge in [-0.15, -0.1) is 0 Å². The van der Waals surface area contributed by atoms with Crippen LogP contribution in [0.4, 0.5) is 5.69 Å². The van der Waals surface area contributed by atoms with Crippen molar-refractivity contribution in [2.24, 2.45) is 0 Å². The van der Waals surface area contributed by atoms with Crippen LogP contribution in [0.15, 0.2) is 23.1 Å². The van der Waals surface area contributed by atoms with Gasteiger partial charge in [-0.25, -0.2) is 21.1 Å². The van der Waals surface area contributed by atoms with Crippen molar-refractivity contribution in [3.8, 4) is 5.75 Å². The van der Waals surface area contributed by atoms with Crippen LogP contribution in [0.25, 0.3) is 0 Å². The van der Waals surface area contributed by atoms with Crippen LogP contribution in [0.5, 0.6) is 5.75 Å². The van der Waals surface area contributed by atoms with Crippen molar-refractivity contribution >= 4 is 31.6 Å². The zero-order valence-electron chi connectivity index (χ0n) is 15.1. The maximum Gasteiger partial charge on any atom is 0.242 e. The molecular weight excluding hydrogens is 382 g/mol. The lowest BCUT2D eigenvalue weighted by molar-refractivity contribution is -0.119. The zero-order chi connectivity index (χ0) is 19.7. The van der Waals surface area contributed by atoms with Crippen molar-refractivity contribution in [1.29, 1.82) is 0 Å². The Morgan fingerprint density at radius 3 is 2.46 bits per heavy atom. The average molecular weight is 405 g/mol. The van der Waals surface area contributed by atoms with Gasteiger partial charge >= 0.3 is 0 Å². The fourth-order valence-corrected chi connectivity index (χ4v) is 4.82. The van der Waals surface area contributed by atoms with Crippen molar-refractivity contribution in [2.45, 2.75) is 23.8 Å². The highest BCUT2D eigenvalue weighted by Gasteiger charge is 2.36. The maximum atomic E-state index is 12.6. The van der Waals surface area contributed by atoms with Crippen molar-refractivity contribution in [3.05, 3.63) is 18.2 Å². The summed E-state index contributed by atoms with van der Waals surface area (Å²) < 4.78 is 55.6. The number of ether oxygens (including phenoxy) is 1. The van der Waals surface area contributed by atoms with Crippen molar-refractivity contribution in [1.82, 2.24) is 8.61 Å². The molecule has 1 fully saturated rings. The number of carbonyl (C=O) groups is 1. The van der Waals surface area contributed by atoms with Crippen LogP contribution >= 0.6 is 0 Å². The second-order valence-corrected chi connectivity index (χ2v) is 10.3. The number of carbonyl (C=O) groups excluding carboxylic acids is 1. The number of benzene rings is 1. The molecule has 26 heavy (non-hydrogen) atoms. The molecule has 11 heteroatoms. The van der Waals surface area contributed by atoms with Gasteiger partial charge in [-0.3, -0.25) is 4.79 Å². The Kier molecular flexibility index (Phi) is 5.95. The fourth-order valence-electron chi connectivity index (χ4n) is 2.77. The number of rotatable bonds is 6. The van der Waals surface area contributed by atoms with Gasteiger partial charge in [0.2, 0.25) is 26.0 Å². The van der Waals surface area contributed by atoms with Crippen LogP contribution in [-0.4, -0.2) is 71.4 Å². The van der Waals surface area contributed by atoms with Gasteiger partial charge in [-0.05, 0) is 31.0 Å². The summed E-state index contributed by atoms with van der Waals surface area (Å²) in [6.45, 7) is 0.281. The van der Waals surface area contributed by atoms with E-state index in [9.17, 15) is 21.6 Å². The predicted molar refractivity (Wildman–Crippen MR) is 97.1 cm³/mol. The van der Waals surface area contributed by atoms with E-state index in [2.05, 4.69) is 5.32 Å². The zero-order valence-corrected chi connectivity index (χ0v) is 16.7. The molecule has 1 aliphatic rings. The molecule has 0 bridgehead atoms. The van der Waals surface area contributed by atoms with Crippen LogP contribution in [0.2, 0.25) is 0 Å². The van der Waals surface area contributed by atoms with Gasteiger partial charge < -0.3 is 10.1 Å². The predicted octanol–water partition coefficient (Wildman–Crippen LogP) is 0.308. The first-order valence-corrected chi connectivity index (χ1v) is 11.2. The molecule has 1 unspecified atom stereocenters. The molecule has 0 saturated carbocycles. The summed E-state index contributed by atoms with van der Waals surface area (Å²) in [5, 5.41) is 2.60. The second-order valence-electron chi connectivity index (χ2n) is 6.17. The standard InChI is InChI=1S/C15H23N3O6S2/c1-17(2)26(22,23)11-7-8-14(24-3)12(10-11)16-15(19)13-6-5-9-18(13)25(4,20)21/h7-8,10,13H,5-6,9H2,1-4H3,(H,16,19). The lowest BCUT2D eigenvalue weighted by atomic mass is 10.2. The second kappa shape index (κ2) is 7.51. The normalized spacial score (nSPS) is 18.9. The topological polar surface area (TPSA) is 113 Å². The van der Waals surface area contributed by atoms with E-state index in [0.29, 0.717) is 12.8 Å². The number of amides is 1. The van der Waals surface area contributed by atoms with Crippen molar-refractivity contribution < 1.29 is 26.4 Å². The number of nitrogens with zero attached hydrogens (tertiary/aromatic N) is 2. The molecule has 0 aromatic heterocycles. The van der Waals surface area contributed by atoms with E-state index >= 15 is 0 Å². The van der Waals surface area contributed by atoms with E-state index in [0.717, 1.165) is 14.9 Å². The average Bonchev–Trinajstić information content (AvgIpc) is 3.04. The fraction of sp³-hybridized carbons (Fsp3) is 0.533. The quantitative estimate of drug-likeness (QED) is 0.729. The lowest BCUT2D eigenvalue weighted by Crippen LogP contribution is -2.42. The monoisotopic (exact) mass is 405 g/mol. The van der Waals surface area contributed by atoms with Gasteiger partial charge in [0.05, 0.1) is 23.9 Å². The first-order chi connectivity index (χ1) is 12.0. The minimum atomic E-state index is -3.69. The summed E-state index contributed by atoms with van der Waals surface area (Å²) in [7, 11) is -3.00. The minimum absolute atomic E-state index is 0.00927. The third-order valence-corrected chi connectivity index (χ3v) is 7.24. The smallest absolute Gasteiger partial charge is 0.242 e. The number of hydrogen-bond acceptors (Lipinski definition) is 6. The van der Waals surface area contributed by atoms with E-state index in [1.54, 1.807) is 0 Å². The summed E-state index contributed by atoms with van der Waals surface area (Å²) in [4.78, 5) is 12.6. The van der Waals surface area contributed by atoms with E-state index in [1.165, 1.54) is 39.4 Å². The molecule has 1 amide bonds. The molecule has 1 aromatic rings. The van der Waals surface area contributed by atoms with Gasteiger partial charge in [0.15, 0.2) is 0 Å². The minimum Gasteiger partial charge on any atom is -0.495 e. The number of methoxy groups -OCH3 is 1. The molecule has 0 radical (unpaired) electrons. The largest absolute Gasteiger partial charge is 0.495 e. The molecule has 146 valence electrons. The van der Waals surface area contributed by atoms with Crippen LogP contribution in [0, 0.1) is 0 Å². The molecule has 1 aliphatic heterocycles. The Labute approximate surface area is 154 Å². The van der Waals surface area contributed by atoms with E-state index in [1.807, 2.05) is 0 Å². The van der Waals surface area contributed by atoms with Crippen LogP contribution in [-0.2, 0) is 24.8 Å². The van der Waals surface area contributed by atoms with E-state index < -0.39 is 32.0 Å². The molecule has 0 aliphatic carbocycles. The highest BCUT2D eigenvalue weighted by molar-refractivity contribution is 7.89. The Bertz CT molecular complexity index is 896. The van der Waals surface area contributed by atoms with Crippen LogP contribution in [0.3, 0.4) is 0 Å². The van der Waals surface area contributed by atoms with E-state index in [4.69, 9.17) is 4.74 Å². The Hall–Kier alpha value is -1.69. The SMILES string of the molecule is COc1ccc(S(=O)(=O)N(C)C)cc1NC(=O)C1CCCN1S(C)(=O)=O. The summed E-state index contributed by atoms with van der Waals surface area (Å²) in [6.07, 6.45) is 2.04. The molecule has 2 rings (SSSR count). The molecular formula is C15H23N3O6S2. The third kappa shape index (κ3) is 4.17. The first-order valence-electron chi connectivity index (χ1n) is 7.86. The Morgan fingerprint density at radius 1 is 1.27 bits per heavy atom. The molecule has 0 spiro atoms. The molecule has 9 nitrogen and oxygen atoms in total.